The van der Waals surface area contributed by atoms with E-state index in [4.69, 9.17) is 79.1 Å². The van der Waals surface area contributed by atoms with Crippen molar-refractivity contribution in [1.29, 1.82) is 0 Å². The molecule has 0 spiro atoms. The summed E-state index contributed by atoms with van der Waals surface area (Å²) in [6.45, 7) is 0.672. The van der Waals surface area contributed by atoms with Crippen LogP contribution in [0.5, 0.6) is 17.2 Å². The summed E-state index contributed by atoms with van der Waals surface area (Å²) in [7, 11) is 0. The molecule has 0 aliphatic carbocycles. The van der Waals surface area contributed by atoms with Crippen LogP contribution in [0.15, 0.2) is 18.2 Å². The molecule has 1 rings (SSSR count). The van der Waals surface area contributed by atoms with E-state index in [1.54, 1.807) is 6.07 Å². The lowest BCUT2D eigenvalue weighted by atomic mass is 10.3. The molecule has 0 amide bonds. The van der Waals surface area contributed by atoms with Crippen molar-refractivity contribution >= 4 is 69.6 Å². The zero-order valence-electron chi connectivity index (χ0n) is 12.0. The van der Waals surface area contributed by atoms with E-state index in [0.717, 1.165) is 0 Å². The maximum atomic E-state index is 9.55. The Kier molecular flexibility index (Phi) is 9.07. The van der Waals surface area contributed by atoms with Gasteiger partial charge in [0, 0.05) is 6.07 Å². The second kappa shape index (κ2) is 9.74. The van der Waals surface area contributed by atoms with Gasteiger partial charge in [-0.2, -0.15) is 0 Å². The monoisotopic (exact) mass is 442 g/mol. The number of hydrogen-bond donors (Lipinski definition) is 1. The number of phenolic OH excluding ortho intramolecular Hbond substituents is 1. The molecule has 1 aromatic rings. The summed E-state index contributed by atoms with van der Waals surface area (Å²) in [6.07, 6.45) is 1.83. The van der Waals surface area contributed by atoms with Gasteiger partial charge in [-0.3, -0.25) is 0 Å². The van der Waals surface area contributed by atoms with E-state index in [1.165, 1.54) is 12.1 Å². The summed E-state index contributed by atoms with van der Waals surface area (Å²) in [4.78, 5) is 0. The minimum absolute atomic E-state index is 0.0648. The Hall–Kier alpha value is 0.360. The molecule has 0 heterocycles. The van der Waals surface area contributed by atoms with E-state index in [9.17, 15) is 5.11 Å². The fourth-order valence-corrected chi connectivity index (χ4v) is 2.44. The van der Waals surface area contributed by atoms with Crippen LogP contribution in [0.4, 0.5) is 0 Å². The summed E-state index contributed by atoms with van der Waals surface area (Å²) >= 11 is 34.0. The van der Waals surface area contributed by atoms with Crippen molar-refractivity contribution in [2.45, 2.75) is 33.3 Å². The van der Waals surface area contributed by atoms with Crippen molar-refractivity contribution in [3.63, 3.8) is 0 Å². The highest BCUT2D eigenvalue weighted by Crippen LogP contribution is 2.34. The van der Waals surface area contributed by atoms with E-state index in [-0.39, 0.29) is 5.75 Å². The van der Waals surface area contributed by atoms with Crippen LogP contribution in [0, 0.1) is 0 Å². The second-order valence-electron chi connectivity index (χ2n) is 4.77. The number of benzene rings is 1. The molecule has 0 bridgehead atoms. The summed E-state index contributed by atoms with van der Waals surface area (Å²) in [5, 5.41) is 9.55. The van der Waals surface area contributed by atoms with Crippen molar-refractivity contribution in [3.8, 4) is 17.2 Å². The van der Waals surface area contributed by atoms with Gasteiger partial charge in [0.25, 0.3) is 0 Å². The molecule has 0 unspecified atom stereocenters. The standard InChI is InChI=1S/C14H16Cl6O3/c15-13(16,17)5-1-7-22-11-4-3-10(21)9-12(11)23-8-2-6-14(18,19)20/h3-4,9,21H,1-2,5-8H2. The van der Waals surface area contributed by atoms with Crippen LogP contribution in [0.1, 0.15) is 25.7 Å². The molecule has 3 nitrogen and oxygen atoms in total. The highest BCUT2D eigenvalue weighted by Gasteiger charge is 2.20. The van der Waals surface area contributed by atoms with Crippen molar-refractivity contribution in [2.75, 3.05) is 13.2 Å². The van der Waals surface area contributed by atoms with Gasteiger partial charge in [-0.25, -0.2) is 0 Å². The van der Waals surface area contributed by atoms with Crippen LogP contribution >= 0.6 is 69.6 Å². The van der Waals surface area contributed by atoms with Crippen LogP contribution in [-0.4, -0.2) is 25.9 Å². The smallest absolute Gasteiger partial charge is 0.190 e. The lowest BCUT2D eigenvalue weighted by Gasteiger charge is -2.15. The van der Waals surface area contributed by atoms with Crippen molar-refractivity contribution in [1.82, 2.24) is 0 Å². The minimum atomic E-state index is -1.31. The highest BCUT2D eigenvalue weighted by atomic mass is 35.6. The van der Waals surface area contributed by atoms with Gasteiger partial charge in [0.15, 0.2) is 19.1 Å². The predicted molar refractivity (Wildman–Crippen MR) is 98.1 cm³/mol. The Morgan fingerprint density at radius 2 is 1.26 bits per heavy atom. The van der Waals surface area contributed by atoms with Gasteiger partial charge in [0.1, 0.15) is 5.75 Å². The summed E-state index contributed by atoms with van der Waals surface area (Å²) in [5.41, 5.74) is 0. The SMILES string of the molecule is Oc1ccc(OCCCC(Cl)(Cl)Cl)c(OCCCC(Cl)(Cl)Cl)c1. The summed E-state index contributed by atoms with van der Waals surface area (Å²) < 4.78 is 8.56. The van der Waals surface area contributed by atoms with Crippen molar-refractivity contribution in [2.24, 2.45) is 0 Å². The molecule has 9 heteroatoms. The Morgan fingerprint density at radius 3 is 1.74 bits per heavy atom. The third-order valence-electron chi connectivity index (χ3n) is 2.65. The molecule has 132 valence electrons. The number of aromatic hydroxyl groups is 1. The van der Waals surface area contributed by atoms with E-state index >= 15 is 0 Å². The van der Waals surface area contributed by atoms with Crippen LogP contribution in [-0.2, 0) is 0 Å². The normalized spacial score (nSPS) is 12.3. The Balaban J connectivity index is 2.49. The van der Waals surface area contributed by atoms with E-state index < -0.39 is 7.59 Å². The third kappa shape index (κ3) is 10.8. The molecule has 0 saturated carbocycles. The Morgan fingerprint density at radius 1 is 0.783 bits per heavy atom. The first-order valence-corrected chi connectivity index (χ1v) is 9.06. The topological polar surface area (TPSA) is 38.7 Å². The average Bonchev–Trinajstić information content (AvgIpc) is 2.39. The second-order valence-corrected chi connectivity index (χ2v) is 9.80. The molecule has 0 aliphatic heterocycles. The van der Waals surface area contributed by atoms with Gasteiger partial charge in [-0.1, -0.05) is 69.6 Å². The average molecular weight is 445 g/mol. The number of rotatable bonds is 8. The molecule has 0 saturated heterocycles. The maximum absolute atomic E-state index is 9.55. The molecule has 0 fully saturated rings. The largest absolute Gasteiger partial charge is 0.508 e. The molecule has 1 aromatic carbocycles. The fourth-order valence-electron chi connectivity index (χ4n) is 1.64. The molecule has 1 N–H and O–H groups in total. The van der Waals surface area contributed by atoms with Crippen LogP contribution in [0.2, 0.25) is 0 Å². The van der Waals surface area contributed by atoms with Gasteiger partial charge in [-0.15, -0.1) is 0 Å². The van der Waals surface area contributed by atoms with Crippen molar-refractivity contribution in [3.05, 3.63) is 18.2 Å². The zero-order valence-corrected chi connectivity index (χ0v) is 16.5. The third-order valence-corrected chi connectivity index (χ3v) is 3.79. The molecule has 23 heavy (non-hydrogen) atoms. The van der Waals surface area contributed by atoms with Crippen LogP contribution in [0.25, 0.3) is 0 Å². The molecular formula is C14H16Cl6O3. The lowest BCUT2D eigenvalue weighted by Crippen LogP contribution is -2.08. The molecular weight excluding hydrogens is 429 g/mol. The van der Waals surface area contributed by atoms with Gasteiger partial charge in [0.05, 0.1) is 13.2 Å². The number of alkyl halides is 6. The highest BCUT2D eigenvalue weighted by molar-refractivity contribution is 6.67. The Labute approximate surface area is 165 Å². The van der Waals surface area contributed by atoms with Crippen molar-refractivity contribution < 1.29 is 14.6 Å². The predicted octanol–water partition coefficient (Wildman–Crippen LogP) is 6.45. The van der Waals surface area contributed by atoms with Gasteiger partial charge in [0.2, 0.25) is 0 Å². The van der Waals surface area contributed by atoms with E-state index in [2.05, 4.69) is 0 Å². The maximum Gasteiger partial charge on any atom is 0.190 e. The molecule has 0 atom stereocenters. The number of halogens is 6. The molecule has 0 aliphatic rings. The lowest BCUT2D eigenvalue weighted by molar-refractivity contribution is 0.259. The zero-order chi connectivity index (χ0) is 17.5. The first-order valence-electron chi connectivity index (χ1n) is 6.79. The Bertz CT molecular complexity index is 484. The summed E-state index contributed by atoms with van der Waals surface area (Å²) in [5.74, 6) is 0.958. The minimum Gasteiger partial charge on any atom is -0.508 e. The van der Waals surface area contributed by atoms with Crippen LogP contribution < -0.4 is 9.47 Å². The number of hydrogen-bond acceptors (Lipinski definition) is 3. The molecule has 0 radical (unpaired) electrons. The fraction of sp³-hybridized carbons (Fsp3) is 0.571. The first-order chi connectivity index (χ1) is 10.6. The first kappa shape index (κ1) is 21.4. The van der Waals surface area contributed by atoms with Gasteiger partial charge in [-0.05, 0) is 37.8 Å². The van der Waals surface area contributed by atoms with Gasteiger partial charge < -0.3 is 14.6 Å². The van der Waals surface area contributed by atoms with Crippen LogP contribution in [0.3, 0.4) is 0 Å². The van der Waals surface area contributed by atoms with Gasteiger partial charge >= 0.3 is 0 Å². The molecule has 0 aromatic heterocycles. The van der Waals surface area contributed by atoms with E-state index in [1.807, 2.05) is 0 Å². The number of phenols is 1. The quantitative estimate of drug-likeness (QED) is 0.370. The van der Waals surface area contributed by atoms with E-state index in [0.29, 0.717) is 50.4 Å². The summed E-state index contributed by atoms with van der Waals surface area (Å²) in [6, 6.07) is 4.56. The number of ether oxygens (including phenoxy) is 2.